The first-order valence-electron chi connectivity index (χ1n) is 9.69. The van der Waals surface area contributed by atoms with E-state index in [9.17, 15) is 9.59 Å². The molecule has 156 valence electrons. The molecule has 7 nitrogen and oxygen atoms in total. The minimum Gasteiger partial charge on any atom is -0.462 e. The van der Waals surface area contributed by atoms with E-state index in [1.807, 2.05) is 0 Å². The molecule has 29 heavy (non-hydrogen) atoms. The van der Waals surface area contributed by atoms with E-state index in [0.29, 0.717) is 48.9 Å². The number of carbonyl (C=O) groups is 2. The Bertz CT molecular complexity index is 694. The van der Waals surface area contributed by atoms with Gasteiger partial charge in [-0.25, -0.2) is 9.59 Å². The van der Waals surface area contributed by atoms with Crippen LogP contribution >= 0.6 is 0 Å². The molecule has 7 heteroatoms. The average molecular weight is 400 g/mol. The smallest absolute Gasteiger partial charge is 0.338 e. The third kappa shape index (κ3) is 8.66. The molecular weight excluding hydrogens is 372 g/mol. The van der Waals surface area contributed by atoms with Crippen LogP contribution in [-0.2, 0) is 14.2 Å². The Hall–Kier alpha value is -3.06. The summed E-state index contributed by atoms with van der Waals surface area (Å²) < 4.78 is 15.9. The average Bonchev–Trinajstić information content (AvgIpc) is 2.72. The number of anilines is 2. The van der Waals surface area contributed by atoms with E-state index >= 15 is 0 Å². The van der Waals surface area contributed by atoms with Gasteiger partial charge in [-0.05, 0) is 74.2 Å². The second kappa shape index (κ2) is 12.4. The summed E-state index contributed by atoms with van der Waals surface area (Å²) in [6, 6.07) is 13.3. The van der Waals surface area contributed by atoms with Crippen LogP contribution in [0.1, 0.15) is 46.4 Å². The third-order valence-electron chi connectivity index (χ3n) is 4.13. The van der Waals surface area contributed by atoms with Crippen molar-refractivity contribution in [2.24, 2.45) is 0 Å². The van der Waals surface area contributed by atoms with Crippen molar-refractivity contribution < 1.29 is 23.8 Å². The number of ether oxygens (including phenoxy) is 3. The molecule has 0 unspecified atom stereocenters. The number of hydrogen-bond donors (Lipinski definition) is 2. The minimum absolute atomic E-state index is 0.348. The van der Waals surface area contributed by atoms with Crippen LogP contribution in [0.25, 0.3) is 0 Å². The van der Waals surface area contributed by atoms with Crippen molar-refractivity contribution in [3.8, 4) is 0 Å². The van der Waals surface area contributed by atoms with Gasteiger partial charge in [0.25, 0.3) is 0 Å². The van der Waals surface area contributed by atoms with Gasteiger partial charge in [0.05, 0.1) is 24.3 Å². The lowest BCUT2D eigenvalue weighted by Crippen LogP contribution is -2.08. The summed E-state index contributed by atoms with van der Waals surface area (Å²) in [5.41, 5.74) is 13.4. The fourth-order valence-corrected chi connectivity index (χ4v) is 2.45. The van der Waals surface area contributed by atoms with E-state index in [2.05, 4.69) is 0 Å². The number of benzene rings is 2. The number of esters is 2. The highest BCUT2D eigenvalue weighted by Crippen LogP contribution is 2.08. The summed E-state index contributed by atoms with van der Waals surface area (Å²) in [7, 11) is 0. The number of nitrogens with two attached hydrogens (primary N) is 2. The molecule has 0 atom stereocenters. The molecule has 0 aliphatic carbocycles. The zero-order valence-electron chi connectivity index (χ0n) is 16.5. The summed E-state index contributed by atoms with van der Waals surface area (Å²) in [6.45, 7) is 1.91. The maximum atomic E-state index is 11.8. The van der Waals surface area contributed by atoms with E-state index in [-0.39, 0.29) is 11.9 Å². The fourth-order valence-electron chi connectivity index (χ4n) is 2.45. The van der Waals surface area contributed by atoms with Crippen molar-refractivity contribution in [1.82, 2.24) is 0 Å². The molecule has 0 bridgehead atoms. The molecule has 0 radical (unpaired) electrons. The van der Waals surface area contributed by atoms with Gasteiger partial charge in [-0.15, -0.1) is 0 Å². The van der Waals surface area contributed by atoms with Gasteiger partial charge in [-0.1, -0.05) is 0 Å². The molecule has 0 aliphatic heterocycles. The van der Waals surface area contributed by atoms with Gasteiger partial charge in [-0.2, -0.15) is 0 Å². The molecule has 2 rings (SSSR count). The monoisotopic (exact) mass is 400 g/mol. The minimum atomic E-state index is -0.348. The van der Waals surface area contributed by atoms with Crippen LogP contribution in [0, 0.1) is 0 Å². The largest absolute Gasteiger partial charge is 0.462 e. The fraction of sp³-hybridized carbons (Fsp3) is 0.364. The number of rotatable bonds is 12. The predicted octanol–water partition coefficient (Wildman–Crippen LogP) is 3.44. The van der Waals surface area contributed by atoms with Gasteiger partial charge < -0.3 is 25.7 Å². The van der Waals surface area contributed by atoms with Crippen molar-refractivity contribution in [2.75, 3.05) is 37.9 Å². The van der Waals surface area contributed by atoms with Crippen molar-refractivity contribution in [2.45, 2.75) is 25.7 Å². The van der Waals surface area contributed by atoms with Gasteiger partial charge in [-0.3, -0.25) is 0 Å². The third-order valence-corrected chi connectivity index (χ3v) is 4.13. The maximum Gasteiger partial charge on any atom is 0.338 e. The predicted molar refractivity (Wildman–Crippen MR) is 112 cm³/mol. The Labute approximate surface area is 170 Å². The van der Waals surface area contributed by atoms with Crippen LogP contribution in [0.5, 0.6) is 0 Å². The quantitative estimate of drug-likeness (QED) is 0.319. The number of hydrogen-bond acceptors (Lipinski definition) is 7. The molecule has 4 N–H and O–H groups in total. The Morgan fingerprint density at radius 2 is 0.931 bits per heavy atom. The molecule has 0 saturated heterocycles. The molecule has 0 heterocycles. The Balaban J connectivity index is 1.41. The van der Waals surface area contributed by atoms with Gasteiger partial charge >= 0.3 is 11.9 Å². The summed E-state index contributed by atoms with van der Waals surface area (Å²) in [4.78, 5) is 23.6. The summed E-state index contributed by atoms with van der Waals surface area (Å²) in [5, 5.41) is 0. The first-order chi connectivity index (χ1) is 14.1. The first-order valence-corrected chi connectivity index (χ1v) is 9.69. The molecule has 0 saturated carbocycles. The van der Waals surface area contributed by atoms with Crippen molar-refractivity contribution in [3.05, 3.63) is 59.7 Å². The molecular formula is C22H28N2O5. The SMILES string of the molecule is Nc1ccc(C(=O)OCCCCOCCCCOC(=O)c2ccc(N)cc2)cc1. The lowest BCUT2D eigenvalue weighted by Gasteiger charge is -2.07. The standard InChI is InChI=1S/C22H28N2O5/c23-19-9-5-17(6-10-19)21(25)28-15-3-1-13-27-14-2-4-16-29-22(26)18-7-11-20(24)12-8-18/h5-12H,1-4,13-16,23-24H2. The van der Waals surface area contributed by atoms with Crippen LogP contribution < -0.4 is 11.5 Å². The number of unbranched alkanes of at least 4 members (excludes halogenated alkanes) is 2. The van der Waals surface area contributed by atoms with Gasteiger partial charge in [0.1, 0.15) is 0 Å². The lowest BCUT2D eigenvalue weighted by molar-refractivity contribution is 0.0472. The van der Waals surface area contributed by atoms with Gasteiger partial charge in [0.15, 0.2) is 0 Å². The second-order valence-electron chi connectivity index (χ2n) is 6.54. The zero-order valence-corrected chi connectivity index (χ0v) is 16.5. The van der Waals surface area contributed by atoms with Crippen LogP contribution in [0.15, 0.2) is 48.5 Å². The number of carbonyl (C=O) groups excluding carboxylic acids is 2. The number of nitrogen functional groups attached to an aromatic ring is 2. The van der Waals surface area contributed by atoms with Gasteiger partial charge in [0, 0.05) is 24.6 Å². The van der Waals surface area contributed by atoms with Crippen molar-refractivity contribution >= 4 is 23.3 Å². The van der Waals surface area contributed by atoms with E-state index < -0.39 is 0 Å². The molecule has 2 aromatic carbocycles. The lowest BCUT2D eigenvalue weighted by atomic mass is 10.2. The molecule has 0 amide bonds. The first kappa shape index (κ1) is 22.2. The molecule has 0 aromatic heterocycles. The van der Waals surface area contributed by atoms with E-state index in [1.54, 1.807) is 48.5 Å². The summed E-state index contributed by atoms with van der Waals surface area (Å²) >= 11 is 0. The Morgan fingerprint density at radius 1 is 0.586 bits per heavy atom. The van der Waals surface area contributed by atoms with Gasteiger partial charge in [0.2, 0.25) is 0 Å². The van der Waals surface area contributed by atoms with Crippen molar-refractivity contribution in [1.29, 1.82) is 0 Å². The van der Waals surface area contributed by atoms with Crippen LogP contribution in [-0.4, -0.2) is 38.4 Å². The highest BCUT2D eigenvalue weighted by molar-refractivity contribution is 5.90. The molecule has 0 fully saturated rings. The zero-order chi connectivity index (χ0) is 20.9. The highest BCUT2D eigenvalue weighted by atomic mass is 16.5. The van der Waals surface area contributed by atoms with Crippen LogP contribution in [0.3, 0.4) is 0 Å². The van der Waals surface area contributed by atoms with E-state index in [0.717, 1.165) is 25.7 Å². The maximum absolute atomic E-state index is 11.8. The van der Waals surface area contributed by atoms with Crippen molar-refractivity contribution in [3.63, 3.8) is 0 Å². The molecule has 0 spiro atoms. The van der Waals surface area contributed by atoms with E-state index in [4.69, 9.17) is 25.7 Å². The van der Waals surface area contributed by atoms with Crippen LogP contribution in [0.2, 0.25) is 0 Å². The summed E-state index contributed by atoms with van der Waals surface area (Å²) in [5.74, 6) is -0.695. The highest BCUT2D eigenvalue weighted by Gasteiger charge is 2.07. The molecule has 2 aromatic rings. The van der Waals surface area contributed by atoms with E-state index in [1.165, 1.54) is 0 Å². The normalized spacial score (nSPS) is 10.5. The Morgan fingerprint density at radius 3 is 1.31 bits per heavy atom. The Kier molecular flexibility index (Phi) is 9.51. The van der Waals surface area contributed by atoms with Crippen LogP contribution in [0.4, 0.5) is 11.4 Å². The summed E-state index contributed by atoms with van der Waals surface area (Å²) in [6.07, 6.45) is 3.09. The molecule has 0 aliphatic rings. The second-order valence-corrected chi connectivity index (χ2v) is 6.54. The topological polar surface area (TPSA) is 114 Å².